The maximum absolute atomic E-state index is 15.1. The highest BCUT2D eigenvalue weighted by Gasteiger charge is 2.43. The Morgan fingerprint density at radius 3 is 2.69 bits per heavy atom. The molecule has 0 saturated carbocycles. The SMILES string of the molecule is CC(C)(C)[SiH2]OC(C)(C)C1CN(c2ccc(C(CO)Cc3[nH]c(Br)nc3[N+](=O)[O-])c(F)c2)C(=O)O1. The molecule has 2 N–H and O–H groups in total. The van der Waals surface area contributed by atoms with Gasteiger partial charge in [-0.1, -0.05) is 26.8 Å². The highest BCUT2D eigenvalue weighted by Crippen LogP contribution is 2.34. The monoisotopic (exact) mass is 572 g/mol. The minimum Gasteiger partial charge on any atom is -0.441 e. The summed E-state index contributed by atoms with van der Waals surface area (Å²) in [5.41, 5.74) is -0.0385. The minimum atomic E-state index is -0.886. The number of nitrogens with zero attached hydrogens (tertiary/aromatic N) is 3. The van der Waals surface area contributed by atoms with Crippen LogP contribution in [0, 0.1) is 15.9 Å². The first kappa shape index (κ1) is 27.2. The lowest BCUT2D eigenvalue weighted by molar-refractivity contribution is -0.390. The number of aromatic amines is 1. The zero-order valence-corrected chi connectivity index (χ0v) is 23.3. The Kier molecular flexibility index (Phi) is 8.04. The van der Waals surface area contributed by atoms with Crippen LogP contribution in [0.15, 0.2) is 22.9 Å². The summed E-state index contributed by atoms with van der Waals surface area (Å²) < 4.78 is 27.0. The third-order valence-electron chi connectivity index (χ3n) is 5.77. The molecule has 0 aliphatic carbocycles. The third-order valence-corrected chi connectivity index (χ3v) is 7.90. The first-order chi connectivity index (χ1) is 16.2. The summed E-state index contributed by atoms with van der Waals surface area (Å²) in [6.45, 7) is 9.86. The molecule has 3 rings (SSSR count). The van der Waals surface area contributed by atoms with E-state index in [9.17, 15) is 20.0 Å². The molecular formula is C22H30BrFN4O6Si. The number of aliphatic hydroxyl groups excluding tert-OH is 1. The number of halogens is 2. The Bertz CT molecular complexity index is 1110. The van der Waals surface area contributed by atoms with Gasteiger partial charge in [-0.3, -0.25) is 4.90 Å². The van der Waals surface area contributed by atoms with Gasteiger partial charge in [0.1, 0.15) is 17.6 Å². The number of amides is 1. The molecule has 1 saturated heterocycles. The number of carbonyl (C=O) groups is 1. The standard InChI is InChI=1S/C22H30BrFN4O6Si/c1-21(2,3)35-34-22(4,5)17-10-27(20(30)33-17)13-6-7-14(15(24)9-13)12(11-29)8-16-18(28(31)32)26-19(23)25-16/h6-7,9,12,17,29H,8,10-11,35H2,1-5H3,(H,25,26). The average Bonchev–Trinajstić information content (AvgIpc) is 3.33. The molecule has 1 aliphatic rings. The number of ether oxygens (including phenoxy) is 1. The highest BCUT2D eigenvalue weighted by molar-refractivity contribution is 9.10. The lowest BCUT2D eigenvalue weighted by Crippen LogP contribution is -2.43. The van der Waals surface area contributed by atoms with Crippen molar-refractivity contribution in [2.24, 2.45) is 0 Å². The number of cyclic esters (lactones) is 1. The van der Waals surface area contributed by atoms with Crippen LogP contribution in [0.4, 0.5) is 20.7 Å². The number of benzene rings is 1. The number of nitro groups is 1. The highest BCUT2D eigenvalue weighted by atomic mass is 79.9. The van der Waals surface area contributed by atoms with E-state index in [1.807, 2.05) is 13.8 Å². The number of imidazole rings is 1. The molecule has 2 aromatic rings. The Hall–Kier alpha value is -2.35. The fraction of sp³-hybridized carbons (Fsp3) is 0.545. The molecule has 1 aromatic heterocycles. The molecular weight excluding hydrogens is 543 g/mol. The van der Waals surface area contributed by atoms with Crippen molar-refractivity contribution in [2.75, 3.05) is 18.1 Å². The van der Waals surface area contributed by atoms with Crippen LogP contribution in [-0.4, -0.2) is 60.7 Å². The number of aliphatic hydroxyl groups is 1. The van der Waals surface area contributed by atoms with Gasteiger partial charge in [-0.25, -0.2) is 9.18 Å². The molecule has 1 fully saturated rings. The molecule has 35 heavy (non-hydrogen) atoms. The summed E-state index contributed by atoms with van der Waals surface area (Å²) in [4.78, 5) is 31.0. The van der Waals surface area contributed by atoms with Gasteiger partial charge in [0, 0.05) is 28.3 Å². The molecule has 2 atom stereocenters. The first-order valence-corrected chi connectivity index (χ1v) is 13.2. The Balaban J connectivity index is 1.77. The maximum Gasteiger partial charge on any atom is 0.414 e. The zero-order valence-electron chi connectivity index (χ0n) is 20.3. The summed E-state index contributed by atoms with van der Waals surface area (Å²) in [7, 11) is -0.886. The Morgan fingerprint density at radius 1 is 1.43 bits per heavy atom. The number of aromatic nitrogens is 2. The van der Waals surface area contributed by atoms with Gasteiger partial charge in [0.05, 0.1) is 24.4 Å². The fourth-order valence-corrected chi connectivity index (χ4v) is 5.13. The predicted octanol–water partition coefficient (Wildman–Crippen LogP) is 3.96. The maximum atomic E-state index is 15.1. The number of anilines is 1. The van der Waals surface area contributed by atoms with Crippen LogP contribution < -0.4 is 4.90 Å². The van der Waals surface area contributed by atoms with Gasteiger partial charge in [0.25, 0.3) is 4.73 Å². The number of nitrogens with one attached hydrogen (secondary N) is 1. The fourth-order valence-electron chi connectivity index (χ4n) is 3.73. The number of rotatable bonds is 9. The van der Waals surface area contributed by atoms with Crippen LogP contribution in [-0.2, 0) is 15.6 Å². The second-order valence-corrected chi connectivity index (χ2v) is 13.8. The second kappa shape index (κ2) is 10.3. The second-order valence-electron chi connectivity index (χ2n) is 10.3. The van der Waals surface area contributed by atoms with Crippen LogP contribution in [0.3, 0.4) is 0 Å². The van der Waals surface area contributed by atoms with Crippen LogP contribution in [0.2, 0.25) is 5.04 Å². The average molecular weight is 573 g/mol. The van der Waals surface area contributed by atoms with Crippen LogP contribution in [0.25, 0.3) is 0 Å². The topological polar surface area (TPSA) is 131 Å². The van der Waals surface area contributed by atoms with Gasteiger partial charge in [0.2, 0.25) is 0 Å². The van der Waals surface area contributed by atoms with Crippen molar-refractivity contribution in [1.29, 1.82) is 0 Å². The molecule has 1 amide bonds. The molecule has 0 spiro atoms. The molecule has 13 heteroatoms. The van der Waals surface area contributed by atoms with Gasteiger partial charge in [-0.05, 0) is 46.5 Å². The minimum absolute atomic E-state index is 0.0291. The summed E-state index contributed by atoms with van der Waals surface area (Å²) in [6.07, 6.45) is -1.14. The smallest absolute Gasteiger partial charge is 0.414 e. The first-order valence-electron chi connectivity index (χ1n) is 11.1. The normalized spacial score (nSPS) is 17.9. The lowest BCUT2D eigenvalue weighted by atomic mass is 9.94. The van der Waals surface area contributed by atoms with Crippen molar-refractivity contribution < 1.29 is 28.4 Å². The Morgan fingerprint density at radius 2 is 2.11 bits per heavy atom. The molecule has 192 valence electrons. The van der Waals surface area contributed by atoms with E-state index in [0.29, 0.717) is 5.69 Å². The molecule has 2 heterocycles. The van der Waals surface area contributed by atoms with E-state index in [1.54, 1.807) is 6.07 Å². The summed E-state index contributed by atoms with van der Waals surface area (Å²) >= 11 is 3.06. The molecule has 2 unspecified atom stereocenters. The summed E-state index contributed by atoms with van der Waals surface area (Å²) in [5, 5.41) is 21.2. The van der Waals surface area contributed by atoms with Crippen LogP contribution >= 0.6 is 15.9 Å². The summed E-state index contributed by atoms with van der Waals surface area (Å²) in [5.74, 6) is -1.80. The number of carbonyl (C=O) groups excluding carboxylic acids is 1. The van der Waals surface area contributed by atoms with Crippen LogP contribution in [0.5, 0.6) is 0 Å². The number of hydrogen-bond donors (Lipinski definition) is 2. The predicted molar refractivity (Wildman–Crippen MR) is 134 cm³/mol. The lowest BCUT2D eigenvalue weighted by Gasteiger charge is -2.33. The van der Waals surface area contributed by atoms with Crippen molar-refractivity contribution in [3.8, 4) is 0 Å². The van der Waals surface area contributed by atoms with Gasteiger partial charge in [-0.15, -0.1) is 0 Å². The Labute approximate surface area is 213 Å². The zero-order chi connectivity index (χ0) is 26.1. The van der Waals surface area contributed by atoms with Crippen molar-refractivity contribution in [1.82, 2.24) is 9.97 Å². The third kappa shape index (κ3) is 6.45. The quantitative estimate of drug-likeness (QED) is 0.264. The summed E-state index contributed by atoms with van der Waals surface area (Å²) in [6, 6.07) is 4.24. The molecule has 0 radical (unpaired) electrons. The molecule has 1 aliphatic heterocycles. The van der Waals surface area contributed by atoms with E-state index in [-0.39, 0.29) is 34.0 Å². The van der Waals surface area contributed by atoms with Crippen molar-refractivity contribution in [3.05, 3.63) is 50.1 Å². The van der Waals surface area contributed by atoms with Gasteiger partial charge < -0.3 is 29.4 Å². The van der Waals surface area contributed by atoms with E-state index < -0.39 is 56.6 Å². The van der Waals surface area contributed by atoms with Crippen molar-refractivity contribution >= 4 is 43.3 Å². The van der Waals surface area contributed by atoms with E-state index >= 15 is 4.39 Å². The van der Waals surface area contributed by atoms with E-state index in [1.165, 1.54) is 17.0 Å². The van der Waals surface area contributed by atoms with Gasteiger partial charge in [-0.2, -0.15) is 0 Å². The van der Waals surface area contributed by atoms with E-state index in [4.69, 9.17) is 9.16 Å². The van der Waals surface area contributed by atoms with Crippen molar-refractivity contribution in [3.63, 3.8) is 0 Å². The van der Waals surface area contributed by atoms with Crippen LogP contribution in [0.1, 0.15) is 51.8 Å². The van der Waals surface area contributed by atoms with Crippen molar-refractivity contribution in [2.45, 2.75) is 63.7 Å². The molecule has 0 bridgehead atoms. The molecule has 1 aromatic carbocycles. The van der Waals surface area contributed by atoms with E-state index in [0.717, 1.165) is 0 Å². The largest absolute Gasteiger partial charge is 0.441 e. The number of hydrogen-bond acceptors (Lipinski definition) is 7. The van der Waals surface area contributed by atoms with E-state index in [2.05, 4.69) is 46.7 Å². The number of H-pyrrole nitrogens is 1. The van der Waals surface area contributed by atoms with Gasteiger partial charge in [0.15, 0.2) is 9.76 Å². The molecule has 10 nitrogen and oxygen atoms in total. The van der Waals surface area contributed by atoms with Gasteiger partial charge >= 0.3 is 11.9 Å².